The summed E-state index contributed by atoms with van der Waals surface area (Å²) in [4.78, 5) is 12.4. The average molecular weight is 301 g/mol. The fourth-order valence-electron chi connectivity index (χ4n) is 2.13. The Morgan fingerprint density at radius 2 is 2.00 bits per heavy atom. The molecular formula is C17H19NO2S. The molecule has 0 aliphatic carbocycles. The molecule has 0 aliphatic heterocycles. The minimum atomic E-state index is -0.107. The van der Waals surface area contributed by atoms with Crippen molar-refractivity contribution in [3.8, 4) is 0 Å². The molecule has 0 aliphatic rings. The number of methoxy groups -OCH3 is 1. The normalized spacial score (nSPS) is 10.4. The van der Waals surface area contributed by atoms with E-state index in [2.05, 4.69) is 17.6 Å². The fraction of sp³-hybridized carbons (Fsp3) is 0.235. The van der Waals surface area contributed by atoms with Crippen molar-refractivity contribution in [3.05, 3.63) is 65.2 Å². The van der Waals surface area contributed by atoms with Gasteiger partial charge in [0.2, 0.25) is 0 Å². The zero-order valence-corrected chi connectivity index (χ0v) is 13.1. The Morgan fingerprint density at radius 3 is 2.76 bits per heavy atom. The standard InChI is InChI=1S/C17H19NO2S/c1-20-11-14-7-3-4-9-16(14)17(19)18-15-8-5-6-13(10-15)12-21-2/h3-10H,11-12H2,1-2H3,(H,18,19). The lowest BCUT2D eigenvalue weighted by molar-refractivity contribution is 0.102. The summed E-state index contributed by atoms with van der Waals surface area (Å²) in [6, 6.07) is 15.4. The zero-order valence-electron chi connectivity index (χ0n) is 12.3. The van der Waals surface area contributed by atoms with Crippen LogP contribution in [0.15, 0.2) is 48.5 Å². The Balaban J connectivity index is 2.16. The van der Waals surface area contributed by atoms with E-state index in [0.717, 1.165) is 17.0 Å². The third-order valence-corrected chi connectivity index (χ3v) is 3.68. The number of carbonyl (C=O) groups excluding carboxylic acids is 1. The van der Waals surface area contributed by atoms with Gasteiger partial charge in [-0.1, -0.05) is 30.3 Å². The molecule has 0 bridgehead atoms. The summed E-state index contributed by atoms with van der Waals surface area (Å²) < 4.78 is 5.14. The Morgan fingerprint density at radius 1 is 1.19 bits per heavy atom. The second-order valence-corrected chi connectivity index (χ2v) is 5.54. The molecule has 0 spiro atoms. The van der Waals surface area contributed by atoms with Gasteiger partial charge in [0, 0.05) is 24.1 Å². The lowest BCUT2D eigenvalue weighted by Gasteiger charge is -2.10. The summed E-state index contributed by atoms with van der Waals surface area (Å²) in [7, 11) is 1.63. The molecule has 2 aromatic rings. The van der Waals surface area contributed by atoms with Gasteiger partial charge in [0.05, 0.1) is 6.61 Å². The first-order valence-electron chi connectivity index (χ1n) is 6.70. The summed E-state index contributed by atoms with van der Waals surface area (Å²) in [6.07, 6.45) is 2.06. The van der Waals surface area contributed by atoms with Crippen LogP contribution in [0.1, 0.15) is 21.5 Å². The van der Waals surface area contributed by atoms with Crippen molar-refractivity contribution in [1.82, 2.24) is 0 Å². The second kappa shape index (κ2) is 7.86. The van der Waals surface area contributed by atoms with Gasteiger partial charge in [-0.15, -0.1) is 0 Å². The molecule has 0 aromatic heterocycles. The van der Waals surface area contributed by atoms with Crippen LogP contribution < -0.4 is 5.32 Å². The molecule has 0 saturated carbocycles. The highest BCUT2D eigenvalue weighted by molar-refractivity contribution is 7.97. The molecule has 1 N–H and O–H groups in total. The highest BCUT2D eigenvalue weighted by Crippen LogP contribution is 2.17. The van der Waals surface area contributed by atoms with Crippen LogP contribution in [0.3, 0.4) is 0 Å². The molecule has 0 saturated heterocycles. The maximum absolute atomic E-state index is 12.4. The summed E-state index contributed by atoms with van der Waals surface area (Å²) in [5, 5.41) is 2.95. The highest BCUT2D eigenvalue weighted by Gasteiger charge is 2.11. The number of nitrogens with one attached hydrogen (secondary N) is 1. The van der Waals surface area contributed by atoms with Gasteiger partial charge < -0.3 is 10.1 Å². The minimum absolute atomic E-state index is 0.107. The fourth-order valence-corrected chi connectivity index (χ4v) is 2.64. The number of rotatable bonds is 6. The number of hydrogen-bond acceptors (Lipinski definition) is 3. The number of carbonyl (C=O) groups is 1. The van der Waals surface area contributed by atoms with E-state index in [-0.39, 0.29) is 5.91 Å². The first-order chi connectivity index (χ1) is 10.2. The van der Waals surface area contributed by atoms with Gasteiger partial charge in [-0.3, -0.25) is 4.79 Å². The first-order valence-corrected chi connectivity index (χ1v) is 8.10. The quantitative estimate of drug-likeness (QED) is 0.878. The summed E-state index contributed by atoms with van der Waals surface area (Å²) in [5.41, 5.74) is 3.55. The van der Waals surface area contributed by atoms with E-state index < -0.39 is 0 Å². The lowest BCUT2D eigenvalue weighted by Crippen LogP contribution is -2.14. The maximum Gasteiger partial charge on any atom is 0.256 e. The van der Waals surface area contributed by atoms with Gasteiger partial charge in [0.1, 0.15) is 0 Å². The smallest absolute Gasteiger partial charge is 0.256 e. The van der Waals surface area contributed by atoms with Crippen LogP contribution in [0, 0.1) is 0 Å². The van der Waals surface area contributed by atoms with E-state index >= 15 is 0 Å². The molecule has 1 amide bonds. The second-order valence-electron chi connectivity index (χ2n) is 4.68. The molecule has 21 heavy (non-hydrogen) atoms. The Labute approximate surface area is 129 Å². The molecule has 2 aromatic carbocycles. The van der Waals surface area contributed by atoms with Crippen LogP contribution >= 0.6 is 11.8 Å². The minimum Gasteiger partial charge on any atom is -0.380 e. The molecule has 3 nitrogen and oxygen atoms in total. The van der Waals surface area contributed by atoms with Gasteiger partial charge in [-0.25, -0.2) is 0 Å². The molecule has 2 rings (SSSR count). The number of thioether (sulfide) groups is 1. The highest BCUT2D eigenvalue weighted by atomic mass is 32.2. The van der Waals surface area contributed by atoms with E-state index in [1.807, 2.05) is 42.5 Å². The third-order valence-electron chi connectivity index (χ3n) is 3.06. The van der Waals surface area contributed by atoms with Gasteiger partial charge in [-0.2, -0.15) is 11.8 Å². The Kier molecular flexibility index (Phi) is 5.84. The Hall–Kier alpha value is -1.78. The van der Waals surface area contributed by atoms with Crippen molar-refractivity contribution < 1.29 is 9.53 Å². The molecule has 110 valence electrons. The number of benzene rings is 2. The van der Waals surface area contributed by atoms with Crippen LogP contribution in [-0.4, -0.2) is 19.3 Å². The number of amides is 1. The van der Waals surface area contributed by atoms with Crippen LogP contribution in [0.2, 0.25) is 0 Å². The molecule has 0 atom stereocenters. The van der Waals surface area contributed by atoms with Crippen molar-refractivity contribution in [2.24, 2.45) is 0 Å². The SMILES string of the molecule is COCc1ccccc1C(=O)Nc1cccc(CSC)c1. The van der Waals surface area contributed by atoms with E-state index in [1.54, 1.807) is 18.9 Å². The predicted octanol–water partition coefficient (Wildman–Crippen LogP) is 3.95. The molecule has 0 radical (unpaired) electrons. The zero-order chi connectivity index (χ0) is 15.1. The summed E-state index contributed by atoms with van der Waals surface area (Å²) >= 11 is 1.76. The van der Waals surface area contributed by atoms with Gasteiger partial charge in [0.15, 0.2) is 0 Å². The predicted molar refractivity (Wildman–Crippen MR) is 88.8 cm³/mol. The topological polar surface area (TPSA) is 38.3 Å². The number of ether oxygens (including phenoxy) is 1. The largest absolute Gasteiger partial charge is 0.380 e. The lowest BCUT2D eigenvalue weighted by atomic mass is 10.1. The van der Waals surface area contributed by atoms with Crippen LogP contribution in [0.25, 0.3) is 0 Å². The van der Waals surface area contributed by atoms with E-state index in [1.165, 1.54) is 5.56 Å². The van der Waals surface area contributed by atoms with Crippen LogP contribution in [-0.2, 0) is 17.1 Å². The molecule has 0 heterocycles. The average Bonchev–Trinajstić information content (AvgIpc) is 2.49. The van der Waals surface area contributed by atoms with E-state index in [9.17, 15) is 4.79 Å². The van der Waals surface area contributed by atoms with E-state index in [4.69, 9.17) is 4.74 Å². The van der Waals surface area contributed by atoms with Crippen molar-refractivity contribution in [3.63, 3.8) is 0 Å². The molecule has 4 heteroatoms. The van der Waals surface area contributed by atoms with Gasteiger partial charge in [-0.05, 0) is 35.6 Å². The number of hydrogen-bond donors (Lipinski definition) is 1. The van der Waals surface area contributed by atoms with Crippen LogP contribution in [0.4, 0.5) is 5.69 Å². The van der Waals surface area contributed by atoms with Gasteiger partial charge >= 0.3 is 0 Å². The monoisotopic (exact) mass is 301 g/mol. The van der Waals surface area contributed by atoms with Crippen molar-refractivity contribution in [2.75, 3.05) is 18.7 Å². The number of anilines is 1. The van der Waals surface area contributed by atoms with E-state index in [0.29, 0.717) is 12.2 Å². The molecule has 0 unspecified atom stereocenters. The van der Waals surface area contributed by atoms with Crippen molar-refractivity contribution >= 4 is 23.4 Å². The third kappa shape index (κ3) is 4.34. The molecule has 0 fully saturated rings. The van der Waals surface area contributed by atoms with Gasteiger partial charge in [0.25, 0.3) is 5.91 Å². The summed E-state index contributed by atoms with van der Waals surface area (Å²) in [6.45, 7) is 0.427. The molecular weight excluding hydrogens is 282 g/mol. The van der Waals surface area contributed by atoms with Crippen LogP contribution in [0.5, 0.6) is 0 Å². The Bertz CT molecular complexity index is 613. The van der Waals surface area contributed by atoms with Crippen molar-refractivity contribution in [2.45, 2.75) is 12.4 Å². The van der Waals surface area contributed by atoms with Crippen molar-refractivity contribution in [1.29, 1.82) is 0 Å². The first kappa shape index (κ1) is 15.6. The maximum atomic E-state index is 12.4. The summed E-state index contributed by atoms with van der Waals surface area (Å²) in [5.74, 6) is 0.827.